The first-order valence-electron chi connectivity index (χ1n) is 6.49. The summed E-state index contributed by atoms with van der Waals surface area (Å²) in [6.45, 7) is 10.7. The Bertz CT molecular complexity index is 321. The second kappa shape index (κ2) is 3.24. The summed E-state index contributed by atoms with van der Waals surface area (Å²) in [5.74, 6) is 0.600. The van der Waals surface area contributed by atoms with Crippen molar-refractivity contribution in [3.05, 3.63) is 0 Å². The Morgan fingerprint density at radius 2 is 2.00 bits per heavy atom. The van der Waals surface area contributed by atoms with Crippen molar-refractivity contribution in [3.63, 3.8) is 0 Å². The van der Waals surface area contributed by atoms with Crippen LogP contribution in [0.4, 0.5) is 0 Å². The van der Waals surface area contributed by atoms with E-state index in [9.17, 15) is 4.79 Å². The Morgan fingerprint density at radius 3 is 2.31 bits per heavy atom. The summed E-state index contributed by atoms with van der Waals surface area (Å²) in [7, 11) is 0. The van der Waals surface area contributed by atoms with E-state index in [1.165, 1.54) is 12.8 Å². The number of hydrogen-bond donors (Lipinski definition) is 0. The highest BCUT2D eigenvalue weighted by atomic mass is 16.6. The topological polar surface area (TPSA) is 26.3 Å². The molecule has 2 aliphatic rings. The quantitative estimate of drug-likeness (QED) is 0.671. The van der Waals surface area contributed by atoms with E-state index >= 15 is 0 Å². The zero-order valence-electron chi connectivity index (χ0n) is 11.2. The van der Waals surface area contributed by atoms with Crippen molar-refractivity contribution < 1.29 is 9.53 Å². The fourth-order valence-corrected chi connectivity index (χ4v) is 4.43. The number of esters is 1. The molecule has 2 bridgehead atoms. The average Bonchev–Trinajstić information content (AvgIpc) is 2.48. The van der Waals surface area contributed by atoms with Crippen molar-refractivity contribution in [3.8, 4) is 0 Å². The molecule has 2 aliphatic carbocycles. The third-order valence-corrected chi connectivity index (χ3v) is 5.93. The lowest BCUT2D eigenvalue weighted by Crippen LogP contribution is -2.49. The molecule has 2 nitrogen and oxygen atoms in total. The van der Waals surface area contributed by atoms with Gasteiger partial charge in [-0.25, -0.2) is 0 Å². The van der Waals surface area contributed by atoms with Crippen molar-refractivity contribution in [1.29, 1.82) is 0 Å². The molecule has 0 aromatic carbocycles. The maximum Gasteiger partial charge on any atom is 0.303 e. The van der Waals surface area contributed by atoms with E-state index in [2.05, 4.69) is 27.7 Å². The monoisotopic (exact) mass is 224 g/mol. The number of ether oxygens (including phenoxy) is 1. The van der Waals surface area contributed by atoms with E-state index in [-0.39, 0.29) is 17.0 Å². The van der Waals surface area contributed by atoms with E-state index in [4.69, 9.17) is 4.74 Å². The summed E-state index contributed by atoms with van der Waals surface area (Å²) >= 11 is 0. The van der Waals surface area contributed by atoms with Crippen molar-refractivity contribution >= 4 is 5.97 Å². The van der Waals surface area contributed by atoms with Gasteiger partial charge in [0.25, 0.3) is 0 Å². The minimum atomic E-state index is -0.203. The first-order chi connectivity index (χ1) is 7.29. The van der Waals surface area contributed by atoms with Crippen LogP contribution in [0, 0.1) is 16.7 Å². The molecule has 3 atom stereocenters. The molecule has 0 saturated heterocycles. The summed E-state index contributed by atoms with van der Waals surface area (Å²) in [6, 6.07) is 0. The molecule has 92 valence electrons. The van der Waals surface area contributed by atoms with Crippen LogP contribution in [-0.2, 0) is 9.53 Å². The number of rotatable bonds is 2. The van der Waals surface area contributed by atoms with Gasteiger partial charge in [0.2, 0.25) is 0 Å². The highest BCUT2D eigenvalue weighted by Gasteiger charge is 2.69. The molecule has 2 rings (SSSR count). The lowest BCUT2D eigenvalue weighted by Gasteiger charge is -2.47. The molecule has 2 fully saturated rings. The van der Waals surface area contributed by atoms with Crippen LogP contribution in [-0.4, -0.2) is 11.6 Å². The van der Waals surface area contributed by atoms with Crippen molar-refractivity contribution in [1.82, 2.24) is 0 Å². The molecule has 0 radical (unpaired) electrons. The fourth-order valence-electron chi connectivity index (χ4n) is 4.43. The van der Waals surface area contributed by atoms with Gasteiger partial charge in [-0.1, -0.05) is 27.7 Å². The Balaban J connectivity index is 2.41. The van der Waals surface area contributed by atoms with E-state index in [0.29, 0.717) is 5.41 Å². The van der Waals surface area contributed by atoms with Gasteiger partial charge in [-0.15, -0.1) is 0 Å². The minimum absolute atomic E-state index is 0.119. The second-order valence-corrected chi connectivity index (χ2v) is 6.44. The van der Waals surface area contributed by atoms with Crippen LogP contribution in [0.5, 0.6) is 0 Å². The van der Waals surface area contributed by atoms with Gasteiger partial charge in [0.05, 0.1) is 0 Å². The number of fused-ring (bicyclic) bond motifs is 2. The van der Waals surface area contributed by atoms with Crippen LogP contribution in [0.3, 0.4) is 0 Å². The maximum absolute atomic E-state index is 11.4. The highest BCUT2D eigenvalue weighted by Crippen LogP contribution is 2.71. The van der Waals surface area contributed by atoms with E-state index in [1.807, 2.05) is 0 Å². The van der Waals surface area contributed by atoms with Crippen LogP contribution >= 0.6 is 0 Å². The molecule has 16 heavy (non-hydrogen) atoms. The molecule has 0 aromatic rings. The van der Waals surface area contributed by atoms with Crippen LogP contribution in [0.15, 0.2) is 0 Å². The SMILES string of the molecule is CCC1(OC(C)=O)C[C@H]2CC[C@@]1(C)C2(C)C. The van der Waals surface area contributed by atoms with Gasteiger partial charge in [0, 0.05) is 12.3 Å². The first-order valence-corrected chi connectivity index (χ1v) is 6.49. The van der Waals surface area contributed by atoms with Gasteiger partial charge >= 0.3 is 5.97 Å². The Hall–Kier alpha value is -0.530. The molecule has 2 heteroatoms. The predicted molar refractivity (Wildman–Crippen MR) is 64.0 cm³/mol. The maximum atomic E-state index is 11.4. The number of hydrogen-bond acceptors (Lipinski definition) is 2. The van der Waals surface area contributed by atoms with Gasteiger partial charge in [-0.3, -0.25) is 4.79 Å². The van der Waals surface area contributed by atoms with Gasteiger partial charge in [0.15, 0.2) is 0 Å². The highest BCUT2D eigenvalue weighted by molar-refractivity contribution is 5.67. The third kappa shape index (κ3) is 1.16. The van der Waals surface area contributed by atoms with Gasteiger partial charge in [-0.2, -0.15) is 0 Å². The summed E-state index contributed by atoms with van der Waals surface area (Å²) in [6.07, 6.45) is 4.51. The van der Waals surface area contributed by atoms with Gasteiger partial charge in [0.1, 0.15) is 5.60 Å². The Kier molecular flexibility index (Phi) is 2.42. The first kappa shape index (κ1) is 11.9. The summed E-state index contributed by atoms with van der Waals surface area (Å²) in [4.78, 5) is 11.4. The molecular weight excluding hydrogens is 200 g/mol. The van der Waals surface area contributed by atoms with Crippen molar-refractivity contribution in [2.24, 2.45) is 16.7 Å². The smallest absolute Gasteiger partial charge is 0.303 e. The molecule has 0 amide bonds. The Labute approximate surface area is 98.7 Å². The summed E-state index contributed by atoms with van der Waals surface area (Å²) < 4.78 is 5.78. The second-order valence-electron chi connectivity index (χ2n) is 6.44. The number of carbonyl (C=O) groups is 1. The number of carbonyl (C=O) groups excluding carboxylic acids is 1. The zero-order chi connectivity index (χ0) is 12.2. The Morgan fingerprint density at radius 1 is 1.38 bits per heavy atom. The van der Waals surface area contributed by atoms with Crippen LogP contribution in [0.1, 0.15) is 60.3 Å². The fraction of sp³-hybridized carbons (Fsp3) is 0.929. The molecular formula is C14H24O2. The normalized spacial score (nSPS) is 44.7. The summed E-state index contributed by atoms with van der Waals surface area (Å²) in [5, 5.41) is 0. The van der Waals surface area contributed by atoms with E-state index in [1.54, 1.807) is 6.92 Å². The lowest BCUT2D eigenvalue weighted by atomic mass is 9.63. The average molecular weight is 224 g/mol. The molecule has 0 spiro atoms. The molecule has 0 aromatic heterocycles. The van der Waals surface area contributed by atoms with Crippen LogP contribution in [0.2, 0.25) is 0 Å². The minimum Gasteiger partial charge on any atom is -0.459 e. The van der Waals surface area contributed by atoms with Crippen molar-refractivity contribution in [2.45, 2.75) is 65.9 Å². The molecule has 2 saturated carbocycles. The molecule has 1 unspecified atom stereocenters. The standard InChI is InChI=1S/C14H24O2/c1-6-14(16-10(2)15)9-11-7-8-13(14,5)12(11,3)4/h11H,6-9H2,1-5H3/t11-,13+,14?/m1/s1. The zero-order valence-corrected chi connectivity index (χ0v) is 11.2. The van der Waals surface area contributed by atoms with Gasteiger partial charge < -0.3 is 4.74 Å². The van der Waals surface area contributed by atoms with Crippen LogP contribution < -0.4 is 0 Å². The van der Waals surface area contributed by atoms with Gasteiger partial charge in [-0.05, 0) is 37.0 Å². The van der Waals surface area contributed by atoms with E-state index in [0.717, 1.165) is 18.8 Å². The third-order valence-electron chi connectivity index (χ3n) is 5.93. The van der Waals surface area contributed by atoms with Crippen LogP contribution in [0.25, 0.3) is 0 Å². The van der Waals surface area contributed by atoms with E-state index < -0.39 is 0 Å². The largest absolute Gasteiger partial charge is 0.459 e. The summed E-state index contributed by atoms with van der Waals surface area (Å²) in [5.41, 5.74) is 0.259. The molecule has 0 heterocycles. The predicted octanol–water partition coefficient (Wildman–Crippen LogP) is 3.54. The van der Waals surface area contributed by atoms with Crippen molar-refractivity contribution in [2.75, 3.05) is 0 Å². The molecule has 0 N–H and O–H groups in total. The molecule has 0 aliphatic heterocycles. The lowest BCUT2D eigenvalue weighted by molar-refractivity contribution is -0.177.